The molecular formula is C13H15F6N3O3. The third-order valence-corrected chi connectivity index (χ3v) is 3.61. The topological polar surface area (TPSA) is 58.8 Å². The Kier molecular flexibility index (Phi) is 5.93. The van der Waals surface area contributed by atoms with Crippen LogP contribution in [0, 0.1) is 0 Å². The summed E-state index contributed by atoms with van der Waals surface area (Å²) in [5, 5.41) is 0.812. The number of hydrogen-bond acceptors (Lipinski definition) is 6. The molecule has 0 bridgehead atoms. The lowest BCUT2D eigenvalue weighted by atomic mass is 10.0. The fourth-order valence-electron chi connectivity index (χ4n) is 2.53. The van der Waals surface area contributed by atoms with Crippen molar-refractivity contribution in [2.45, 2.75) is 37.8 Å². The number of carbonyl (C=O) groups excluding carboxylic acids is 1. The number of aromatic nitrogens is 1. The van der Waals surface area contributed by atoms with E-state index in [4.69, 9.17) is 4.42 Å². The number of hydrogen-bond donors (Lipinski definition) is 0. The van der Waals surface area contributed by atoms with E-state index < -0.39 is 30.9 Å². The molecule has 0 saturated carbocycles. The highest BCUT2D eigenvalue weighted by molar-refractivity contribution is 5.75. The van der Waals surface area contributed by atoms with Crippen LogP contribution in [0.3, 0.4) is 0 Å². The normalized spacial score (nSPS) is 17.9. The van der Waals surface area contributed by atoms with Crippen LogP contribution >= 0.6 is 0 Å². The van der Waals surface area contributed by atoms with Gasteiger partial charge in [0.05, 0.1) is 19.3 Å². The standard InChI is InChI=1S/C13H15F6N3O3/c14-12(15,16)7-21(6-10-5-20-8-24-10)9-1-3-22(4-2-9)25-11(23)13(17,18)19/h5,8-9H,1-4,6-7H2. The molecule has 0 amide bonds. The summed E-state index contributed by atoms with van der Waals surface area (Å²) in [6, 6.07) is -0.549. The van der Waals surface area contributed by atoms with Gasteiger partial charge in [-0.3, -0.25) is 4.90 Å². The average molecular weight is 375 g/mol. The maximum absolute atomic E-state index is 12.8. The smallest absolute Gasteiger partial charge is 0.447 e. The Hall–Kier alpha value is -1.82. The molecular weight excluding hydrogens is 360 g/mol. The van der Waals surface area contributed by atoms with E-state index in [1.165, 1.54) is 6.20 Å². The minimum atomic E-state index is -5.12. The first kappa shape index (κ1) is 19.5. The van der Waals surface area contributed by atoms with E-state index >= 15 is 0 Å². The molecule has 25 heavy (non-hydrogen) atoms. The quantitative estimate of drug-likeness (QED) is 0.738. The molecule has 0 atom stereocenters. The maximum atomic E-state index is 12.8. The van der Waals surface area contributed by atoms with E-state index in [0.29, 0.717) is 0 Å². The van der Waals surface area contributed by atoms with Crippen LogP contribution in [0.15, 0.2) is 17.0 Å². The van der Waals surface area contributed by atoms with Crippen molar-refractivity contribution in [3.05, 3.63) is 18.4 Å². The second-order valence-corrected chi connectivity index (χ2v) is 5.52. The summed E-state index contributed by atoms with van der Waals surface area (Å²) in [4.78, 5) is 19.7. The van der Waals surface area contributed by atoms with Gasteiger partial charge in [0.15, 0.2) is 6.39 Å². The summed E-state index contributed by atoms with van der Waals surface area (Å²) in [6.45, 7) is -1.53. The van der Waals surface area contributed by atoms with Crippen LogP contribution in [0.25, 0.3) is 0 Å². The van der Waals surface area contributed by atoms with Gasteiger partial charge in [-0.1, -0.05) is 0 Å². The van der Waals surface area contributed by atoms with Crippen molar-refractivity contribution in [1.29, 1.82) is 0 Å². The largest absolute Gasteiger partial charge is 0.492 e. The van der Waals surface area contributed by atoms with Gasteiger partial charge in [0.1, 0.15) is 5.76 Å². The maximum Gasteiger partial charge on any atom is 0.492 e. The van der Waals surface area contributed by atoms with E-state index in [-0.39, 0.29) is 38.2 Å². The van der Waals surface area contributed by atoms with Crippen molar-refractivity contribution in [2.75, 3.05) is 19.6 Å². The summed E-state index contributed by atoms with van der Waals surface area (Å²) >= 11 is 0. The van der Waals surface area contributed by atoms with Gasteiger partial charge in [-0.25, -0.2) is 9.78 Å². The molecule has 0 N–H and O–H groups in total. The molecule has 1 aromatic rings. The summed E-state index contributed by atoms with van der Waals surface area (Å²) in [6.07, 6.45) is -6.96. The molecule has 1 aliphatic rings. The lowest BCUT2D eigenvalue weighted by Crippen LogP contribution is -2.48. The third-order valence-electron chi connectivity index (χ3n) is 3.61. The zero-order chi connectivity index (χ0) is 18.7. The number of oxazole rings is 1. The zero-order valence-corrected chi connectivity index (χ0v) is 12.8. The van der Waals surface area contributed by atoms with Crippen LogP contribution in [0.4, 0.5) is 26.3 Å². The predicted molar refractivity (Wildman–Crippen MR) is 69.7 cm³/mol. The van der Waals surface area contributed by atoms with Gasteiger partial charge in [-0.05, 0) is 12.8 Å². The lowest BCUT2D eigenvalue weighted by Gasteiger charge is -2.37. The average Bonchev–Trinajstić information content (AvgIpc) is 2.98. The summed E-state index contributed by atoms with van der Waals surface area (Å²) < 4.78 is 79.8. The first-order valence-corrected chi connectivity index (χ1v) is 7.27. The summed E-state index contributed by atoms with van der Waals surface area (Å²) in [7, 11) is 0. The Bertz CT molecular complexity index is 552. The van der Waals surface area contributed by atoms with Gasteiger partial charge in [-0.15, -0.1) is 5.06 Å². The highest BCUT2D eigenvalue weighted by atomic mass is 19.4. The van der Waals surface area contributed by atoms with E-state index in [9.17, 15) is 31.1 Å². The van der Waals surface area contributed by atoms with Crippen LogP contribution in [0.2, 0.25) is 0 Å². The van der Waals surface area contributed by atoms with Gasteiger partial charge in [0.2, 0.25) is 0 Å². The molecule has 1 aliphatic heterocycles. The van der Waals surface area contributed by atoms with Crippen molar-refractivity contribution in [1.82, 2.24) is 14.9 Å². The van der Waals surface area contributed by atoms with Gasteiger partial charge in [0, 0.05) is 19.1 Å². The monoisotopic (exact) mass is 375 g/mol. The molecule has 0 spiro atoms. The van der Waals surface area contributed by atoms with Crippen LogP contribution in [0.1, 0.15) is 18.6 Å². The molecule has 0 radical (unpaired) electrons. The Morgan fingerprint density at radius 2 is 1.92 bits per heavy atom. The minimum absolute atomic E-state index is 0.1000. The number of alkyl halides is 6. The first-order chi connectivity index (χ1) is 11.5. The molecule has 2 heterocycles. The number of hydroxylamine groups is 2. The first-order valence-electron chi connectivity index (χ1n) is 7.27. The van der Waals surface area contributed by atoms with E-state index in [2.05, 4.69) is 9.82 Å². The molecule has 142 valence electrons. The fraction of sp³-hybridized carbons (Fsp3) is 0.692. The van der Waals surface area contributed by atoms with Gasteiger partial charge < -0.3 is 9.25 Å². The molecule has 1 saturated heterocycles. The number of carbonyl (C=O) groups is 1. The van der Waals surface area contributed by atoms with Crippen LogP contribution in [0.5, 0.6) is 0 Å². The Labute approximate surface area is 138 Å². The number of piperidine rings is 1. The van der Waals surface area contributed by atoms with Crippen molar-refractivity contribution in [3.8, 4) is 0 Å². The summed E-state index contributed by atoms with van der Waals surface area (Å²) in [5.74, 6) is -2.10. The number of nitrogens with zero attached hydrogens (tertiary/aromatic N) is 3. The van der Waals surface area contributed by atoms with E-state index in [1.807, 2.05) is 0 Å². The van der Waals surface area contributed by atoms with Crippen molar-refractivity contribution >= 4 is 5.97 Å². The highest BCUT2D eigenvalue weighted by Gasteiger charge is 2.43. The number of rotatable bonds is 5. The molecule has 0 aliphatic carbocycles. The zero-order valence-electron chi connectivity index (χ0n) is 12.8. The molecule has 2 rings (SSSR count). The highest BCUT2D eigenvalue weighted by Crippen LogP contribution is 2.25. The van der Waals surface area contributed by atoms with Gasteiger partial charge >= 0.3 is 18.3 Å². The molecule has 1 aromatic heterocycles. The minimum Gasteiger partial charge on any atom is -0.447 e. The fourth-order valence-corrected chi connectivity index (χ4v) is 2.53. The molecule has 0 unspecified atom stereocenters. The second-order valence-electron chi connectivity index (χ2n) is 5.52. The van der Waals surface area contributed by atoms with Crippen LogP contribution < -0.4 is 0 Å². The Morgan fingerprint density at radius 1 is 1.28 bits per heavy atom. The Morgan fingerprint density at radius 3 is 2.40 bits per heavy atom. The van der Waals surface area contributed by atoms with Gasteiger partial charge in [-0.2, -0.15) is 26.3 Å². The third kappa shape index (κ3) is 6.20. The molecule has 1 fully saturated rings. The lowest BCUT2D eigenvalue weighted by molar-refractivity contribution is -0.243. The van der Waals surface area contributed by atoms with Crippen molar-refractivity contribution in [3.63, 3.8) is 0 Å². The summed E-state index contributed by atoms with van der Waals surface area (Å²) in [5.41, 5.74) is 0. The molecule has 12 heteroatoms. The molecule has 0 aromatic carbocycles. The predicted octanol–water partition coefficient (Wildman–Crippen LogP) is 2.52. The SMILES string of the molecule is O=C(ON1CCC(N(Cc2cnco2)CC(F)(F)F)CC1)C(F)(F)F. The van der Waals surface area contributed by atoms with Crippen LogP contribution in [-0.2, 0) is 16.2 Å². The van der Waals surface area contributed by atoms with Gasteiger partial charge in [0.25, 0.3) is 0 Å². The number of halogens is 6. The van der Waals surface area contributed by atoms with E-state index in [1.54, 1.807) is 0 Å². The Balaban J connectivity index is 1.93. The second kappa shape index (κ2) is 7.60. The van der Waals surface area contributed by atoms with E-state index in [0.717, 1.165) is 16.4 Å². The van der Waals surface area contributed by atoms with Crippen molar-refractivity contribution in [2.24, 2.45) is 0 Å². The van der Waals surface area contributed by atoms with Crippen molar-refractivity contribution < 1.29 is 40.4 Å². The van der Waals surface area contributed by atoms with Crippen LogP contribution in [-0.4, -0.2) is 58.9 Å². The molecule has 6 nitrogen and oxygen atoms in total.